The quantitative estimate of drug-likeness (QED) is 0.833. The molecule has 0 spiro atoms. The number of rotatable bonds is 4. The number of H-pyrrole nitrogens is 1. The van der Waals surface area contributed by atoms with Gasteiger partial charge in [-0.3, -0.25) is 14.3 Å². The van der Waals surface area contributed by atoms with Crippen LogP contribution < -0.4 is 11.2 Å². The topological polar surface area (TPSA) is 64.1 Å². The van der Waals surface area contributed by atoms with Gasteiger partial charge in [0.05, 0.1) is 5.69 Å². The van der Waals surface area contributed by atoms with E-state index in [4.69, 9.17) is 27.9 Å². The lowest BCUT2D eigenvalue weighted by molar-refractivity contribution is 0.0818. The average molecular weight is 267 g/mol. The molecule has 5 nitrogen and oxygen atoms in total. The van der Waals surface area contributed by atoms with Gasteiger partial charge in [0.15, 0.2) is 4.33 Å². The van der Waals surface area contributed by atoms with E-state index in [2.05, 4.69) is 4.98 Å². The molecule has 0 amide bonds. The smallest absolute Gasteiger partial charge is 0.330 e. The number of hydrogen-bond donors (Lipinski definition) is 1. The molecule has 0 atom stereocenters. The van der Waals surface area contributed by atoms with E-state index in [9.17, 15) is 9.59 Å². The van der Waals surface area contributed by atoms with Crippen LogP contribution >= 0.6 is 23.2 Å². The number of ether oxygens (including phenoxy) is 1. The van der Waals surface area contributed by atoms with Gasteiger partial charge in [0.25, 0.3) is 5.56 Å². The van der Waals surface area contributed by atoms with Crippen molar-refractivity contribution in [2.45, 2.75) is 24.9 Å². The van der Waals surface area contributed by atoms with Gasteiger partial charge in [0.1, 0.15) is 6.73 Å². The van der Waals surface area contributed by atoms with Gasteiger partial charge in [-0.15, -0.1) is 0 Å². The maximum absolute atomic E-state index is 11.5. The number of nitrogens with zero attached hydrogens (tertiary/aromatic N) is 1. The monoisotopic (exact) mass is 266 g/mol. The number of aromatic nitrogens is 2. The maximum atomic E-state index is 11.5. The minimum absolute atomic E-state index is 0.00350. The van der Waals surface area contributed by atoms with Crippen LogP contribution in [0.25, 0.3) is 0 Å². The molecule has 0 bridgehead atoms. The normalized spacial score (nSPS) is 11.8. The molecule has 0 aliphatic heterocycles. The van der Waals surface area contributed by atoms with Crippen LogP contribution in [0, 0.1) is 0 Å². The fourth-order valence-electron chi connectivity index (χ4n) is 1.19. The van der Waals surface area contributed by atoms with Crippen molar-refractivity contribution in [1.82, 2.24) is 9.55 Å². The predicted octanol–water partition coefficient (Wildman–Crippen LogP) is 1.18. The fraction of sp³-hybridized carbons (Fsp3) is 0.556. The third-order valence-corrected chi connectivity index (χ3v) is 2.30. The van der Waals surface area contributed by atoms with E-state index in [-0.39, 0.29) is 12.4 Å². The number of nitrogens with one attached hydrogen (secondary N) is 1. The summed E-state index contributed by atoms with van der Waals surface area (Å²) in [6, 6.07) is 1.18. The highest BCUT2D eigenvalue weighted by molar-refractivity contribution is 6.47. The van der Waals surface area contributed by atoms with Crippen LogP contribution in [0.4, 0.5) is 0 Å². The fourth-order valence-corrected chi connectivity index (χ4v) is 1.51. The lowest BCUT2D eigenvalue weighted by atomic mass is 10.3. The van der Waals surface area contributed by atoms with E-state index in [1.54, 1.807) is 6.92 Å². The van der Waals surface area contributed by atoms with Gasteiger partial charge in [0, 0.05) is 12.7 Å². The van der Waals surface area contributed by atoms with Crippen molar-refractivity contribution in [2.24, 2.45) is 0 Å². The van der Waals surface area contributed by atoms with Gasteiger partial charge in [-0.05, 0) is 13.8 Å². The van der Waals surface area contributed by atoms with E-state index in [1.165, 1.54) is 17.6 Å². The zero-order valence-electron chi connectivity index (χ0n) is 8.92. The Morgan fingerprint density at radius 3 is 2.62 bits per heavy atom. The summed E-state index contributed by atoms with van der Waals surface area (Å²) in [5.74, 6) is 0. The van der Waals surface area contributed by atoms with E-state index >= 15 is 0 Å². The first kappa shape index (κ1) is 13.3. The second-order valence-electron chi connectivity index (χ2n) is 3.26. The van der Waals surface area contributed by atoms with Crippen LogP contribution in [0.15, 0.2) is 15.7 Å². The molecule has 7 heteroatoms. The summed E-state index contributed by atoms with van der Waals surface area (Å²) in [5, 5.41) is 0. The Bertz CT molecular complexity index is 473. The van der Waals surface area contributed by atoms with E-state index in [1.807, 2.05) is 0 Å². The molecular formula is C9H12Cl2N2O3. The average Bonchev–Trinajstić information content (AvgIpc) is 2.14. The van der Waals surface area contributed by atoms with Crippen LogP contribution in [0.5, 0.6) is 0 Å². The summed E-state index contributed by atoms with van der Waals surface area (Å²) >= 11 is 11.8. The molecule has 1 N–H and O–H groups in total. The van der Waals surface area contributed by atoms with Crippen LogP contribution in [0.1, 0.15) is 19.5 Å². The van der Waals surface area contributed by atoms with Crippen molar-refractivity contribution in [3.8, 4) is 0 Å². The molecule has 16 heavy (non-hydrogen) atoms. The molecule has 0 aliphatic carbocycles. The van der Waals surface area contributed by atoms with Crippen molar-refractivity contribution in [3.63, 3.8) is 0 Å². The lowest BCUT2D eigenvalue weighted by Gasteiger charge is -2.18. The molecule has 1 aromatic heterocycles. The Morgan fingerprint density at radius 2 is 2.12 bits per heavy atom. The standard InChI is InChI=1S/C9H12Cl2N2O3/c1-3-16-5-13-6(9(2,10)11)4-7(14)12-8(13)15/h4H,3,5H2,1-2H3,(H,12,14,15). The van der Waals surface area contributed by atoms with Crippen LogP contribution in [-0.2, 0) is 15.8 Å². The van der Waals surface area contributed by atoms with Crippen molar-refractivity contribution in [1.29, 1.82) is 0 Å². The van der Waals surface area contributed by atoms with Gasteiger partial charge in [0.2, 0.25) is 0 Å². The van der Waals surface area contributed by atoms with Crippen LogP contribution in [0.2, 0.25) is 0 Å². The second-order valence-corrected chi connectivity index (χ2v) is 4.97. The van der Waals surface area contributed by atoms with E-state index in [0.29, 0.717) is 6.61 Å². The van der Waals surface area contributed by atoms with Gasteiger partial charge >= 0.3 is 5.69 Å². The zero-order chi connectivity index (χ0) is 12.3. The summed E-state index contributed by atoms with van der Waals surface area (Å²) in [4.78, 5) is 24.8. The summed E-state index contributed by atoms with van der Waals surface area (Å²) in [6.07, 6.45) is 0. The van der Waals surface area contributed by atoms with Gasteiger partial charge < -0.3 is 4.74 Å². The number of aromatic amines is 1. The molecule has 0 aliphatic rings. The molecule has 1 heterocycles. The zero-order valence-corrected chi connectivity index (χ0v) is 10.4. The molecule has 0 aromatic carbocycles. The van der Waals surface area contributed by atoms with Crippen LogP contribution in [-0.4, -0.2) is 16.2 Å². The highest BCUT2D eigenvalue weighted by Crippen LogP contribution is 2.31. The van der Waals surface area contributed by atoms with Crippen molar-refractivity contribution >= 4 is 23.2 Å². The Kier molecular flexibility index (Phi) is 4.18. The van der Waals surface area contributed by atoms with Gasteiger partial charge in [-0.1, -0.05) is 23.2 Å². The van der Waals surface area contributed by atoms with Crippen molar-refractivity contribution in [3.05, 3.63) is 32.6 Å². The third-order valence-electron chi connectivity index (χ3n) is 1.91. The van der Waals surface area contributed by atoms with Crippen molar-refractivity contribution in [2.75, 3.05) is 6.61 Å². The van der Waals surface area contributed by atoms with Gasteiger partial charge in [-0.25, -0.2) is 4.79 Å². The first-order valence-corrected chi connectivity index (χ1v) is 5.42. The first-order chi connectivity index (χ1) is 7.36. The molecular weight excluding hydrogens is 255 g/mol. The molecule has 90 valence electrons. The minimum Gasteiger partial charge on any atom is -0.361 e. The highest BCUT2D eigenvalue weighted by Gasteiger charge is 2.25. The van der Waals surface area contributed by atoms with Crippen molar-refractivity contribution < 1.29 is 4.74 Å². The molecule has 0 radical (unpaired) electrons. The Labute approximate surface area is 102 Å². The number of alkyl halides is 2. The largest absolute Gasteiger partial charge is 0.361 e. The SMILES string of the molecule is CCOCn1c(C(C)(Cl)Cl)cc(=O)[nH]c1=O. The lowest BCUT2D eigenvalue weighted by Crippen LogP contribution is -2.35. The number of halogens is 2. The van der Waals surface area contributed by atoms with Gasteiger partial charge in [-0.2, -0.15) is 0 Å². The molecule has 0 unspecified atom stereocenters. The second kappa shape index (κ2) is 5.03. The third kappa shape index (κ3) is 3.10. The Morgan fingerprint density at radius 1 is 1.50 bits per heavy atom. The highest BCUT2D eigenvalue weighted by atomic mass is 35.5. The summed E-state index contributed by atoms with van der Waals surface area (Å²) in [6.45, 7) is 3.70. The predicted molar refractivity (Wildman–Crippen MR) is 62.0 cm³/mol. The van der Waals surface area contributed by atoms with Crippen LogP contribution in [0.3, 0.4) is 0 Å². The summed E-state index contributed by atoms with van der Waals surface area (Å²) < 4.78 is 4.96. The Balaban J connectivity index is 3.33. The van der Waals surface area contributed by atoms with E-state index < -0.39 is 15.6 Å². The number of hydrogen-bond acceptors (Lipinski definition) is 3. The molecule has 0 saturated carbocycles. The Hall–Kier alpha value is -0.780. The summed E-state index contributed by atoms with van der Waals surface area (Å²) in [5.41, 5.74) is -0.929. The summed E-state index contributed by atoms with van der Waals surface area (Å²) in [7, 11) is 0. The van der Waals surface area contributed by atoms with E-state index in [0.717, 1.165) is 0 Å². The maximum Gasteiger partial charge on any atom is 0.330 e. The molecule has 0 fully saturated rings. The molecule has 0 saturated heterocycles. The molecule has 1 rings (SSSR count). The molecule has 1 aromatic rings. The minimum atomic E-state index is -1.33. The first-order valence-electron chi connectivity index (χ1n) is 4.66.